The molecular formula is C20H25N3O2. The highest BCUT2D eigenvalue weighted by molar-refractivity contribution is 5.76. The van der Waals surface area contributed by atoms with Crippen LogP contribution in [0.5, 0.6) is 0 Å². The quantitative estimate of drug-likeness (QED) is 0.860. The van der Waals surface area contributed by atoms with Crippen LogP contribution in [0, 0.1) is 5.92 Å². The first kappa shape index (κ1) is 17.4. The van der Waals surface area contributed by atoms with Crippen LogP contribution in [0.1, 0.15) is 32.6 Å². The summed E-state index contributed by atoms with van der Waals surface area (Å²) in [6.45, 7) is 2.19. The van der Waals surface area contributed by atoms with Crippen molar-refractivity contribution in [2.75, 3.05) is 7.05 Å². The van der Waals surface area contributed by atoms with Gasteiger partial charge >= 0.3 is 0 Å². The number of hydrogen-bond acceptors (Lipinski definition) is 3. The SMILES string of the molecule is CC1CCCCC1N(C)C(=O)Cn1nc(-c2ccccc2)ccc1=O. The van der Waals surface area contributed by atoms with Gasteiger partial charge in [0.25, 0.3) is 5.56 Å². The number of likely N-dealkylation sites (N-methyl/N-ethyl adjacent to an activating group) is 1. The van der Waals surface area contributed by atoms with E-state index in [2.05, 4.69) is 12.0 Å². The van der Waals surface area contributed by atoms with E-state index in [0.717, 1.165) is 24.8 Å². The first-order valence-electron chi connectivity index (χ1n) is 8.95. The van der Waals surface area contributed by atoms with Gasteiger partial charge in [0.2, 0.25) is 5.91 Å². The van der Waals surface area contributed by atoms with Crippen LogP contribution in [0.25, 0.3) is 11.3 Å². The zero-order valence-corrected chi connectivity index (χ0v) is 14.9. The van der Waals surface area contributed by atoms with E-state index < -0.39 is 0 Å². The van der Waals surface area contributed by atoms with Gasteiger partial charge < -0.3 is 4.90 Å². The maximum absolute atomic E-state index is 12.7. The summed E-state index contributed by atoms with van der Waals surface area (Å²) < 4.78 is 1.27. The van der Waals surface area contributed by atoms with E-state index in [1.807, 2.05) is 42.3 Å². The standard InChI is InChI=1S/C20H25N3O2/c1-15-8-6-7-11-18(15)22(2)20(25)14-23-19(24)13-12-17(21-23)16-9-4-3-5-10-16/h3-5,9-10,12-13,15,18H,6-8,11,14H2,1-2H3. The fourth-order valence-electron chi connectivity index (χ4n) is 3.62. The summed E-state index contributed by atoms with van der Waals surface area (Å²) in [7, 11) is 1.85. The minimum absolute atomic E-state index is 0.0147. The second-order valence-corrected chi connectivity index (χ2v) is 6.91. The third-order valence-electron chi connectivity index (χ3n) is 5.18. The molecule has 2 aromatic rings. The number of carbonyl (C=O) groups excluding carboxylic acids is 1. The minimum Gasteiger partial charge on any atom is -0.341 e. The Hall–Kier alpha value is -2.43. The van der Waals surface area contributed by atoms with E-state index in [0.29, 0.717) is 11.6 Å². The molecule has 0 aliphatic heterocycles. The lowest BCUT2D eigenvalue weighted by Gasteiger charge is -2.36. The Morgan fingerprint density at radius 3 is 2.60 bits per heavy atom. The molecule has 5 nitrogen and oxygen atoms in total. The maximum atomic E-state index is 12.7. The van der Waals surface area contributed by atoms with Crippen molar-refractivity contribution in [3.63, 3.8) is 0 Å². The molecule has 1 saturated carbocycles. The molecule has 3 rings (SSSR count). The molecule has 0 radical (unpaired) electrons. The second-order valence-electron chi connectivity index (χ2n) is 6.91. The molecule has 1 fully saturated rings. The molecule has 1 amide bonds. The maximum Gasteiger partial charge on any atom is 0.267 e. The van der Waals surface area contributed by atoms with Crippen LogP contribution in [0.2, 0.25) is 0 Å². The van der Waals surface area contributed by atoms with Crippen LogP contribution in [0.4, 0.5) is 0 Å². The molecule has 1 heterocycles. The first-order chi connectivity index (χ1) is 12.1. The molecule has 0 bridgehead atoms. The molecule has 5 heteroatoms. The summed E-state index contributed by atoms with van der Waals surface area (Å²) in [6.07, 6.45) is 4.59. The Labute approximate surface area is 148 Å². The molecule has 1 aliphatic carbocycles. The summed E-state index contributed by atoms with van der Waals surface area (Å²) >= 11 is 0. The van der Waals surface area contributed by atoms with Gasteiger partial charge in [0.1, 0.15) is 6.54 Å². The van der Waals surface area contributed by atoms with Gasteiger partial charge in [-0.05, 0) is 24.8 Å². The van der Waals surface area contributed by atoms with Gasteiger partial charge in [-0.3, -0.25) is 9.59 Å². The van der Waals surface area contributed by atoms with Crippen molar-refractivity contribution in [3.05, 3.63) is 52.8 Å². The largest absolute Gasteiger partial charge is 0.341 e. The molecule has 2 atom stereocenters. The second kappa shape index (κ2) is 7.64. The highest BCUT2D eigenvalue weighted by Gasteiger charge is 2.28. The first-order valence-corrected chi connectivity index (χ1v) is 8.95. The molecule has 0 spiro atoms. The van der Waals surface area contributed by atoms with Crippen molar-refractivity contribution in [2.45, 2.75) is 45.2 Å². The summed E-state index contributed by atoms with van der Waals surface area (Å²) in [5.41, 5.74) is 1.37. The molecule has 1 aliphatic rings. The third-order valence-corrected chi connectivity index (χ3v) is 5.18. The van der Waals surface area contributed by atoms with Gasteiger partial charge in [0, 0.05) is 24.7 Å². The smallest absolute Gasteiger partial charge is 0.267 e. The number of aromatic nitrogens is 2. The third kappa shape index (κ3) is 3.98. The highest BCUT2D eigenvalue weighted by Crippen LogP contribution is 2.27. The average molecular weight is 339 g/mol. The lowest BCUT2D eigenvalue weighted by Crippen LogP contribution is -2.45. The molecule has 0 N–H and O–H groups in total. The van der Waals surface area contributed by atoms with E-state index in [9.17, 15) is 9.59 Å². The fraction of sp³-hybridized carbons (Fsp3) is 0.450. The van der Waals surface area contributed by atoms with Crippen LogP contribution < -0.4 is 5.56 Å². The Balaban J connectivity index is 1.78. The molecule has 132 valence electrons. The topological polar surface area (TPSA) is 55.2 Å². The average Bonchev–Trinajstić information content (AvgIpc) is 2.64. The minimum atomic E-state index is -0.252. The Morgan fingerprint density at radius 2 is 1.88 bits per heavy atom. The van der Waals surface area contributed by atoms with Gasteiger partial charge in [-0.15, -0.1) is 0 Å². The van der Waals surface area contributed by atoms with Crippen molar-refractivity contribution in [2.24, 2.45) is 5.92 Å². The number of hydrogen-bond donors (Lipinski definition) is 0. The van der Waals surface area contributed by atoms with Crippen LogP contribution in [-0.2, 0) is 11.3 Å². The van der Waals surface area contributed by atoms with Crippen molar-refractivity contribution >= 4 is 5.91 Å². The van der Waals surface area contributed by atoms with Crippen LogP contribution in [0.15, 0.2) is 47.3 Å². The molecule has 0 saturated heterocycles. The Bertz CT molecular complexity index is 785. The van der Waals surface area contributed by atoms with E-state index in [1.165, 1.54) is 17.2 Å². The normalized spacial score (nSPS) is 20.2. The molecule has 25 heavy (non-hydrogen) atoms. The number of carbonyl (C=O) groups is 1. The highest BCUT2D eigenvalue weighted by atomic mass is 16.2. The Kier molecular flexibility index (Phi) is 5.31. The zero-order valence-electron chi connectivity index (χ0n) is 14.9. The summed E-state index contributed by atoms with van der Waals surface area (Å²) in [6, 6.07) is 13.1. The van der Waals surface area contributed by atoms with E-state index >= 15 is 0 Å². The van der Waals surface area contributed by atoms with Crippen molar-refractivity contribution in [1.29, 1.82) is 0 Å². The van der Waals surface area contributed by atoms with Gasteiger partial charge in [0.05, 0.1) is 5.69 Å². The predicted octanol–water partition coefficient (Wildman–Crippen LogP) is 2.95. The zero-order chi connectivity index (χ0) is 17.8. The monoisotopic (exact) mass is 339 g/mol. The molecule has 1 aromatic carbocycles. The Morgan fingerprint density at radius 1 is 1.16 bits per heavy atom. The van der Waals surface area contributed by atoms with Crippen LogP contribution >= 0.6 is 0 Å². The van der Waals surface area contributed by atoms with E-state index in [-0.39, 0.29) is 24.1 Å². The van der Waals surface area contributed by atoms with Crippen LogP contribution in [-0.4, -0.2) is 33.7 Å². The van der Waals surface area contributed by atoms with Gasteiger partial charge in [-0.1, -0.05) is 50.1 Å². The summed E-state index contributed by atoms with van der Waals surface area (Å²) in [4.78, 5) is 26.6. The molecule has 1 aromatic heterocycles. The van der Waals surface area contributed by atoms with Crippen molar-refractivity contribution in [3.8, 4) is 11.3 Å². The molecular weight excluding hydrogens is 314 g/mol. The number of benzene rings is 1. The van der Waals surface area contributed by atoms with E-state index in [1.54, 1.807) is 6.07 Å². The van der Waals surface area contributed by atoms with Crippen LogP contribution in [0.3, 0.4) is 0 Å². The number of amides is 1. The number of nitrogens with zero attached hydrogens (tertiary/aromatic N) is 3. The fourth-order valence-corrected chi connectivity index (χ4v) is 3.62. The summed E-state index contributed by atoms with van der Waals surface area (Å²) in [5.74, 6) is 0.446. The summed E-state index contributed by atoms with van der Waals surface area (Å²) in [5, 5.41) is 4.39. The van der Waals surface area contributed by atoms with Crippen molar-refractivity contribution < 1.29 is 4.79 Å². The van der Waals surface area contributed by atoms with E-state index in [4.69, 9.17) is 0 Å². The molecule has 2 unspecified atom stereocenters. The lowest BCUT2D eigenvalue weighted by molar-refractivity contribution is -0.134. The lowest BCUT2D eigenvalue weighted by atomic mass is 9.85. The number of rotatable bonds is 4. The van der Waals surface area contributed by atoms with Crippen molar-refractivity contribution in [1.82, 2.24) is 14.7 Å². The van der Waals surface area contributed by atoms with Gasteiger partial charge in [0.15, 0.2) is 0 Å². The predicted molar refractivity (Wildman–Crippen MR) is 98.1 cm³/mol. The van der Waals surface area contributed by atoms with Gasteiger partial charge in [-0.25, -0.2) is 4.68 Å². The van der Waals surface area contributed by atoms with Gasteiger partial charge in [-0.2, -0.15) is 5.10 Å².